The van der Waals surface area contributed by atoms with Gasteiger partial charge < -0.3 is 22.4 Å². The van der Waals surface area contributed by atoms with Gasteiger partial charge in [-0.1, -0.05) is 12.1 Å². The second kappa shape index (κ2) is 5.32. The van der Waals surface area contributed by atoms with Gasteiger partial charge >= 0.3 is 6.98 Å². The van der Waals surface area contributed by atoms with Crippen molar-refractivity contribution in [1.29, 1.82) is 0 Å². The Kier molecular flexibility index (Phi) is 4.05. The van der Waals surface area contributed by atoms with E-state index in [1.165, 1.54) is 6.07 Å². The van der Waals surface area contributed by atoms with Crippen molar-refractivity contribution in [3.63, 3.8) is 0 Å². The van der Waals surface area contributed by atoms with E-state index in [4.69, 9.17) is 9.47 Å². The van der Waals surface area contributed by atoms with Crippen molar-refractivity contribution in [2.24, 2.45) is 0 Å². The van der Waals surface area contributed by atoms with E-state index < -0.39 is 12.4 Å². The van der Waals surface area contributed by atoms with Crippen LogP contribution in [0.4, 0.5) is 12.9 Å². The second-order valence-corrected chi connectivity index (χ2v) is 5.95. The minimum Gasteiger partial charge on any atom is -0.491 e. The lowest BCUT2D eigenvalue weighted by molar-refractivity contribution is -0.0327. The zero-order valence-corrected chi connectivity index (χ0v) is 12.0. The smallest absolute Gasteiger partial charge is 0.491 e. The summed E-state index contributed by atoms with van der Waals surface area (Å²) in [6.07, 6.45) is 1.89. The van der Waals surface area contributed by atoms with Crippen LogP contribution < -0.4 is 10.2 Å². The molecule has 0 aromatic heterocycles. The van der Waals surface area contributed by atoms with Crippen molar-refractivity contribution in [3.05, 3.63) is 23.8 Å². The first-order valence-corrected chi connectivity index (χ1v) is 6.78. The summed E-state index contributed by atoms with van der Waals surface area (Å²) in [6, 6.07) is 3.59. The average Bonchev–Trinajstić information content (AvgIpc) is 2.66. The third-order valence-electron chi connectivity index (χ3n) is 3.56. The fourth-order valence-corrected chi connectivity index (χ4v) is 2.42. The molecule has 112 valence electrons. The lowest BCUT2D eigenvalue weighted by Gasteiger charge is -2.21. The topological polar surface area (TPSA) is 18.5 Å². The maximum Gasteiger partial charge on any atom is 0.509 e. The predicted molar refractivity (Wildman–Crippen MR) is 73.6 cm³/mol. The lowest BCUT2D eigenvalue weighted by atomic mass is 9.79. The molecule has 1 aliphatic rings. The zero-order valence-electron chi connectivity index (χ0n) is 12.0. The molecule has 1 aromatic rings. The van der Waals surface area contributed by atoms with Gasteiger partial charge in [-0.15, -0.1) is 5.46 Å². The van der Waals surface area contributed by atoms with E-state index in [1.54, 1.807) is 6.92 Å². The zero-order chi connectivity index (χ0) is 15.0. The van der Waals surface area contributed by atoms with E-state index in [1.807, 2.05) is 13.8 Å². The Morgan fingerprint density at radius 2 is 2.05 bits per heavy atom. The molecule has 1 unspecified atom stereocenters. The summed E-state index contributed by atoms with van der Waals surface area (Å²) in [5.41, 5.74) is -0.224. The van der Waals surface area contributed by atoms with Gasteiger partial charge in [0.15, 0.2) is 0 Å². The Morgan fingerprint density at radius 1 is 1.35 bits per heavy atom. The van der Waals surface area contributed by atoms with Crippen molar-refractivity contribution in [3.8, 4) is 5.75 Å². The van der Waals surface area contributed by atoms with Crippen LogP contribution in [0.15, 0.2) is 18.2 Å². The summed E-state index contributed by atoms with van der Waals surface area (Å²) in [7, 11) is 0. The molecule has 0 aliphatic carbocycles. The van der Waals surface area contributed by atoms with Crippen molar-refractivity contribution >= 4 is 12.4 Å². The van der Waals surface area contributed by atoms with Crippen LogP contribution in [-0.4, -0.2) is 25.3 Å². The van der Waals surface area contributed by atoms with Gasteiger partial charge in [-0.25, -0.2) is 0 Å². The van der Waals surface area contributed by atoms with Gasteiger partial charge in [-0.05, 0) is 45.2 Å². The summed E-state index contributed by atoms with van der Waals surface area (Å²) in [5.74, 6) is 0.488. The number of ether oxygens (including phenoxy) is 2. The van der Waals surface area contributed by atoms with E-state index in [-0.39, 0.29) is 11.7 Å². The number of hydrogen-bond acceptors (Lipinski definition) is 2. The normalized spacial score (nSPS) is 22.0. The third-order valence-corrected chi connectivity index (χ3v) is 3.56. The maximum atomic E-state index is 12.6. The van der Waals surface area contributed by atoms with Crippen LogP contribution in [0, 0.1) is 6.92 Å². The van der Waals surface area contributed by atoms with Gasteiger partial charge in [0.25, 0.3) is 0 Å². The fourth-order valence-electron chi connectivity index (χ4n) is 2.42. The Balaban J connectivity index is 1.97. The van der Waals surface area contributed by atoms with Crippen LogP contribution >= 0.6 is 0 Å². The average molecular weight is 287 g/mol. The molecule has 2 rings (SSSR count). The molecular formula is C14H19BF3O2-. The highest BCUT2D eigenvalue weighted by Crippen LogP contribution is 2.30. The molecule has 0 spiro atoms. The van der Waals surface area contributed by atoms with Crippen LogP contribution in [0.5, 0.6) is 5.75 Å². The minimum absolute atomic E-state index is 0.0101. The largest absolute Gasteiger partial charge is 0.509 e. The Bertz CT molecular complexity index is 486. The minimum atomic E-state index is -4.96. The molecule has 1 fully saturated rings. The first-order valence-electron chi connectivity index (χ1n) is 6.78. The third kappa shape index (κ3) is 3.69. The highest BCUT2D eigenvalue weighted by atomic mass is 19.4. The van der Waals surface area contributed by atoms with E-state index in [2.05, 4.69) is 0 Å². The predicted octanol–water partition coefficient (Wildman–Crippen LogP) is 3.39. The van der Waals surface area contributed by atoms with Crippen molar-refractivity contribution < 1.29 is 22.4 Å². The summed E-state index contributed by atoms with van der Waals surface area (Å²) >= 11 is 0. The van der Waals surface area contributed by atoms with Gasteiger partial charge in [0.05, 0.1) is 11.7 Å². The fraction of sp³-hybridized carbons (Fsp3) is 0.571. The Morgan fingerprint density at radius 3 is 2.55 bits per heavy atom. The first-order chi connectivity index (χ1) is 9.17. The maximum absolute atomic E-state index is 12.6. The molecule has 1 aromatic carbocycles. The van der Waals surface area contributed by atoms with Crippen LogP contribution in [-0.2, 0) is 4.74 Å². The molecule has 2 nitrogen and oxygen atoms in total. The van der Waals surface area contributed by atoms with Crippen LogP contribution in [0.3, 0.4) is 0 Å². The molecule has 1 saturated heterocycles. The summed E-state index contributed by atoms with van der Waals surface area (Å²) < 4.78 is 49.2. The molecule has 20 heavy (non-hydrogen) atoms. The lowest BCUT2D eigenvalue weighted by Crippen LogP contribution is -2.34. The number of halogens is 3. The Hall–Kier alpha value is -1.17. The van der Waals surface area contributed by atoms with Crippen molar-refractivity contribution in [2.45, 2.75) is 45.3 Å². The molecule has 6 heteroatoms. The van der Waals surface area contributed by atoms with Crippen LogP contribution in [0.1, 0.15) is 32.3 Å². The monoisotopic (exact) mass is 287 g/mol. The van der Waals surface area contributed by atoms with Gasteiger partial charge in [-0.3, -0.25) is 0 Å². The molecule has 0 N–H and O–H groups in total. The molecule has 1 heterocycles. The standard InChI is InChI=1S/C14H19BF3O2/c1-10-8-11(15(16,17)18)4-5-13(10)19-9-12-6-7-14(2,3)20-12/h4-5,8,12H,6-7,9H2,1-3H3/q-1. The highest BCUT2D eigenvalue weighted by molar-refractivity contribution is 6.73. The second-order valence-electron chi connectivity index (χ2n) is 5.95. The van der Waals surface area contributed by atoms with Crippen molar-refractivity contribution in [1.82, 2.24) is 0 Å². The van der Waals surface area contributed by atoms with Crippen LogP contribution in [0.25, 0.3) is 0 Å². The molecule has 0 saturated carbocycles. The number of aryl methyl sites for hydroxylation is 1. The first kappa shape index (κ1) is 15.2. The van der Waals surface area contributed by atoms with Gasteiger partial charge in [0.2, 0.25) is 0 Å². The van der Waals surface area contributed by atoms with E-state index in [9.17, 15) is 12.9 Å². The SMILES string of the molecule is Cc1cc([B-](F)(F)F)ccc1OCC1CCC(C)(C)O1. The number of benzene rings is 1. The van der Waals surface area contributed by atoms with Gasteiger partial charge in [-0.2, -0.15) is 0 Å². The van der Waals surface area contributed by atoms with E-state index >= 15 is 0 Å². The molecule has 1 atom stereocenters. The van der Waals surface area contributed by atoms with E-state index in [0.29, 0.717) is 17.9 Å². The Labute approximate surface area is 117 Å². The molecule has 0 radical (unpaired) electrons. The highest BCUT2D eigenvalue weighted by Gasteiger charge is 2.32. The summed E-state index contributed by atoms with van der Waals surface area (Å²) in [6.45, 7) is 1.10. The molecule has 0 bridgehead atoms. The van der Waals surface area contributed by atoms with Crippen LogP contribution in [0.2, 0.25) is 0 Å². The number of rotatable bonds is 4. The quantitative estimate of drug-likeness (QED) is 0.790. The van der Waals surface area contributed by atoms with Gasteiger partial charge in [0, 0.05) is 0 Å². The van der Waals surface area contributed by atoms with E-state index in [0.717, 1.165) is 25.0 Å². The summed E-state index contributed by atoms with van der Waals surface area (Å²) in [4.78, 5) is 0. The molecule has 1 aliphatic heterocycles. The van der Waals surface area contributed by atoms with Crippen molar-refractivity contribution in [2.75, 3.05) is 6.61 Å². The number of hydrogen-bond donors (Lipinski definition) is 0. The van der Waals surface area contributed by atoms with Gasteiger partial charge in [0.1, 0.15) is 12.4 Å². The summed E-state index contributed by atoms with van der Waals surface area (Å²) in [5, 5.41) is 0. The molecule has 0 amide bonds. The molecular weight excluding hydrogens is 268 g/mol.